The van der Waals surface area contributed by atoms with E-state index in [4.69, 9.17) is 11.6 Å². The second-order valence-electron chi connectivity index (χ2n) is 4.05. The van der Waals surface area contributed by atoms with Gasteiger partial charge in [-0.3, -0.25) is 0 Å². The first-order chi connectivity index (χ1) is 8.25. The second kappa shape index (κ2) is 6.23. The molecule has 0 aliphatic heterocycles. The third kappa shape index (κ3) is 3.86. The summed E-state index contributed by atoms with van der Waals surface area (Å²) in [5.74, 6) is 0. The lowest BCUT2D eigenvalue weighted by molar-refractivity contribution is 0.813. The molecule has 0 nitrogen and oxygen atoms in total. The van der Waals surface area contributed by atoms with E-state index < -0.39 is 0 Å². The van der Waals surface area contributed by atoms with Crippen LogP contribution in [0.2, 0.25) is 5.02 Å². The van der Waals surface area contributed by atoms with Gasteiger partial charge in [-0.05, 0) is 36.1 Å². The summed E-state index contributed by atoms with van der Waals surface area (Å²) in [5, 5.41) is 0.813. The Labute approximate surface area is 116 Å². The van der Waals surface area contributed by atoms with Crippen molar-refractivity contribution in [3.8, 4) is 0 Å². The Morgan fingerprint density at radius 2 is 1.76 bits per heavy atom. The Balaban J connectivity index is 1.95. The van der Waals surface area contributed by atoms with Crippen molar-refractivity contribution in [2.45, 2.75) is 17.7 Å². The smallest absolute Gasteiger partial charge is 0.0408 e. The van der Waals surface area contributed by atoms with Crippen LogP contribution in [0.15, 0.2) is 54.6 Å². The van der Waals surface area contributed by atoms with Crippen LogP contribution in [0.1, 0.15) is 22.4 Å². The van der Waals surface area contributed by atoms with Gasteiger partial charge >= 0.3 is 0 Å². The van der Waals surface area contributed by atoms with E-state index in [1.54, 1.807) is 0 Å². The number of rotatable bonds is 4. The SMILES string of the molecule is Clc1cccc(CCC(Br)c2ccccc2)c1. The Morgan fingerprint density at radius 3 is 2.47 bits per heavy atom. The molecule has 0 spiro atoms. The van der Waals surface area contributed by atoms with Gasteiger partial charge < -0.3 is 0 Å². The van der Waals surface area contributed by atoms with E-state index in [2.05, 4.69) is 46.3 Å². The molecule has 1 unspecified atom stereocenters. The largest absolute Gasteiger partial charge is 0.0843 e. The van der Waals surface area contributed by atoms with E-state index >= 15 is 0 Å². The lowest BCUT2D eigenvalue weighted by Crippen LogP contribution is -1.93. The zero-order valence-corrected chi connectivity index (χ0v) is 11.8. The van der Waals surface area contributed by atoms with Gasteiger partial charge in [0.1, 0.15) is 0 Å². The van der Waals surface area contributed by atoms with Crippen LogP contribution in [0.4, 0.5) is 0 Å². The van der Waals surface area contributed by atoms with Gasteiger partial charge in [0.2, 0.25) is 0 Å². The molecule has 0 radical (unpaired) electrons. The second-order valence-corrected chi connectivity index (χ2v) is 5.59. The van der Waals surface area contributed by atoms with Crippen molar-refractivity contribution in [1.29, 1.82) is 0 Å². The predicted octanol–water partition coefficient (Wildman–Crippen LogP) is 5.41. The van der Waals surface area contributed by atoms with E-state index in [1.807, 2.05) is 24.3 Å². The monoisotopic (exact) mass is 308 g/mol. The third-order valence-corrected chi connectivity index (χ3v) is 3.96. The lowest BCUT2D eigenvalue weighted by Gasteiger charge is -2.10. The Bertz CT molecular complexity index is 467. The summed E-state index contributed by atoms with van der Waals surface area (Å²) in [5.41, 5.74) is 2.62. The molecule has 0 aromatic heterocycles. The number of hydrogen-bond donors (Lipinski definition) is 0. The molecule has 17 heavy (non-hydrogen) atoms. The first kappa shape index (κ1) is 12.7. The minimum Gasteiger partial charge on any atom is -0.0843 e. The molecule has 0 heterocycles. The van der Waals surface area contributed by atoms with Crippen LogP contribution >= 0.6 is 27.5 Å². The molecule has 2 heteroatoms. The molecular formula is C15H14BrCl. The summed E-state index contributed by atoms with van der Waals surface area (Å²) < 4.78 is 0. The maximum Gasteiger partial charge on any atom is 0.0408 e. The summed E-state index contributed by atoms with van der Waals surface area (Å²) in [6, 6.07) is 18.6. The minimum absolute atomic E-state index is 0.405. The van der Waals surface area contributed by atoms with Crippen molar-refractivity contribution >= 4 is 27.5 Å². The number of alkyl halides is 1. The molecule has 0 aliphatic carbocycles. The predicted molar refractivity (Wildman–Crippen MR) is 77.9 cm³/mol. The van der Waals surface area contributed by atoms with Gasteiger partial charge in [-0.1, -0.05) is 70.0 Å². The molecule has 2 aromatic rings. The first-order valence-electron chi connectivity index (χ1n) is 5.69. The highest BCUT2D eigenvalue weighted by molar-refractivity contribution is 9.09. The van der Waals surface area contributed by atoms with Gasteiger partial charge in [0.25, 0.3) is 0 Å². The number of benzene rings is 2. The molecule has 0 aliphatic rings. The maximum absolute atomic E-state index is 5.97. The fourth-order valence-corrected chi connectivity index (χ4v) is 2.56. The van der Waals surface area contributed by atoms with Crippen LogP contribution in [0.3, 0.4) is 0 Å². The summed E-state index contributed by atoms with van der Waals surface area (Å²) in [6.45, 7) is 0. The standard InChI is InChI=1S/C15H14BrCl/c16-15(13-6-2-1-3-7-13)10-9-12-5-4-8-14(17)11-12/h1-8,11,15H,9-10H2. The molecule has 88 valence electrons. The minimum atomic E-state index is 0.405. The zero-order chi connectivity index (χ0) is 12.1. The summed E-state index contributed by atoms with van der Waals surface area (Å²) in [7, 11) is 0. The van der Waals surface area contributed by atoms with Crippen molar-refractivity contribution in [3.63, 3.8) is 0 Å². The van der Waals surface area contributed by atoms with Crippen LogP contribution < -0.4 is 0 Å². The molecule has 0 N–H and O–H groups in total. The molecule has 0 saturated heterocycles. The Hall–Kier alpha value is -0.790. The molecule has 0 amide bonds. The van der Waals surface area contributed by atoms with Gasteiger partial charge in [-0.25, -0.2) is 0 Å². The Kier molecular flexibility index (Phi) is 4.64. The van der Waals surface area contributed by atoms with E-state index in [9.17, 15) is 0 Å². The molecule has 1 atom stereocenters. The molecular weight excluding hydrogens is 296 g/mol. The highest BCUT2D eigenvalue weighted by Crippen LogP contribution is 2.27. The van der Waals surface area contributed by atoms with Gasteiger partial charge in [-0.2, -0.15) is 0 Å². The van der Waals surface area contributed by atoms with Crippen molar-refractivity contribution in [2.75, 3.05) is 0 Å². The van der Waals surface area contributed by atoms with Gasteiger partial charge in [0, 0.05) is 9.85 Å². The maximum atomic E-state index is 5.97. The van der Waals surface area contributed by atoms with Gasteiger partial charge in [-0.15, -0.1) is 0 Å². The Morgan fingerprint density at radius 1 is 1.00 bits per heavy atom. The highest BCUT2D eigenvalue weighted by Gasteiger charge is 2.06. The number of aryl methyl sites for hydroxylation is 1. The van der Waals surface area contributed by atoms with E-state index in [0.717, 1.165) is 17.9 Å². The summed E-state index contributed by atoms with van der Waals surface area (Å²) >= 11 is 9.69. The highest BCUT2D eigenvalue weighted by atomic mass is 79.9. The van der Waals surface area contributed by atoms with Gasteiger partial charge in [0.15, 0.2) is 0 Å². The lowest BCUT2D eigenvalue weighted by atomic mass is 10.0. The van der Waals surface area contributed by atoms with Crippen molar-refractivity contribution < 1.29 is 0 Å². The molecule has 0 bridgehead atoms. The van der Waals surface area contributed by atoms with Crippen LogP contribution in [0, 0.1) is 0 Å². The average molecular weight is 310 g/mol. The molecule has 0 fully saturated rings. The average Bonchev–Trinajstić information content (AvgIpc) is 2.37. The van der Waals surface area contributed by atoms with Gasteiger partial charge in [0.05, 0.1) is 0 Å². The first-order valence-corrected chi connectivity index (χ1v) is 6.98. The molecule has 2 rings (SSSR count). The topological polar surface area (TPSA) is 0 Å². The van der Waals surface area contributed by atoms with Crippen LogP contribution in [-0.2, 0) is 6.42 Å². The number of halogens is 2. The van der Waals surface area contributed by atoms with Crippen molar-refractivity contribution in [1.82, 2.24) is 0 Å². The summed E-state index contributed by atoms with van der Waals surface area (Å²) in [4.78, 5) is 0.405. The van der Waals surface area contributed by atoms with Crippen LogP contribution in [-0.4, -0.2) is 0 Å². The fraction of sp³-hybridized carbons (Fsp3) is 0.200. The molecule has 0 saturated carbocycles. The molecule has 2 aromatic carbocycles. The fourth-order valence-electron chi connectivity index (χ4n) is 1.81. The third-order valence-electron chi connectivity index (χ3n) is 2.74. The zero-order valence-electron chi connectivity index (χ0n) is 9.44. The van der Waals surface area contributed by atoms with Crippen molar-refractivity contribution in [3.05, 3.63) is 70.7 Å². The van der Waals surface area contributed by atoms with Crippen LogP contribution in [0.25, 0.3) is 0 Å². The number of hydrogen-bond acceptors (Lipinski definition) is 0. The normalized spacial score (nSPS) is 12.4. The van der Waals surface area contributed by atoms with E-state index in [1.165, 1.54) is 11.1 Å². The van der Waals surface area contributed by atoms with E-state index in [-0.39, 0.29) is 0 Å². The van der Waals surface area contributed by atoms with Crippen LogP contribution in [0.5, 0.6) is 0 Å². The quantitative estimate of drug-likeness (QED) is 0.663. The summed E-state index contributed by atoms with van der Waals surface area (Å²) in [6.07, 6.45) is 2.11. The van der Waals surface area contributed by atoms with E-state index in [0.29, 0.717) is 4.83 Å². The van der Waals surface area contributed by atoms with Crippen molar-refractivity contribution in [2.24, 2.45) is 0 Å².